The number of hydrogen-bond acceptors (Lipinski definition) is 2. The van der Waals surface area contributed by atoms with E-state index in [0.717, 1.165) is 19.4 Å². The summed E-state index contributed by atoms with van der Waals surface area (Å²) in [6.07, 6.45) is 2.63. The summed E-state index contributed by atoms with van der Waals surface area (Å²) < 4.78 is 5.60. The van der Waals surface area contributed by atoms with Crippen molar-refractivity contribution in [2.45, 2.75) is 64.6 Å². The summed E-state index contributed by atoms with van der Waals surface area (Å²) in [4.78, 5) is 0. The van der Waals surface area contributed by atoms with Crippen LogP contribution in [0.3, 0.4) is 0 Å². The van der Waals surface area contributed by atoms with Crippen LogP contribution in [0.15, 0.2) is 24.3 Å². The highest BCUT2D eigenvalue weighted by molar-refractivity contribution is 5.26. The fourth-order valence-corrected chi connectivity index (χ4v) is 2.77. The molecule has 2 rings (SSSR count). The standard InChI is InChI=1S/C17H27NO/c1-12(2)15-5-7-16(8-6-15)14(4)18-17-9-10-19-13(3)11-17/h5-8,12-14,17-18H,9-11H2,1-4H3. The van der Waals surface area contributed by atoms with Crippen molar-refractivity contribution in [3.63, 3.8) is 0 Å². The summed E-state index contributed by atoms with van der Waals surface area (Å²) in [6.45, 7) is 9.78. The third-order valence-electron chi connectivity index (χ3n) is 4.07. The molecule has 0 aliphatic carbocycles. The average Bonchev–Trinajstić information content (AvgIpc) is 2.39. The average molecular weight is 261 g/mol. The minimum Gasteiger partial charge on any atom is -0.378 e. The molecule has 19 heavy (non-hydrogen) atoms. The summed E-state index contributed by atoms with van der Waals surface area (Å²) in [5.41, 5.74) is 2.79. The maximum atomic E-state index is 5.60. The van der Waals surface area contributed by atoms with Gasteiger partial charge in [0.15, 0.2) is 0 Å². The second kappa shape index (κ2) is 6.53. The van der Waals surface area contributed by atoms with Gasteiger partial charge in [-0.05, 0) is 43.7 Å². The minimum atomic E-state index is 0.391. The van der Waals surface area contributed by atoms with Gasteiger partial charge in [-0.25, -0.2) is 0 Å². The highest BCUT2D eigenvalue weighted by Gasteiger charge is 2.20. The van der Waals surface area contributed by atoms with Crippen molar-refractivity contribution < 1.29 is 4.74 Å². The molecule has 0 bridgehead atoms. The van der Waals surface area contributed by atoms with Crippen LogP contribution >= 0.6 is 0 Å². The van der Waals surface area contributed by atoms with E-state index in [2.05, 4.69) is 57.3 Å². The van der Waals surface area contributed by atoms with Crippen LogP contribution in [0.5, 0.6) is 0 Å². The third kappa shape index (κ3) is 4.05. The molecule has 1 aliphatic rings. The number of benzene rings is 1. The highest BCUT2D eigenvalue weighted by atomic mass is 16.5. The van der Waals surface area contributed by atoms with Crippen LogP contribution < -0.4 is 5.32 Å². The maximum Gasteiger partial charge on any atom is 0.0561 e. The van der Waals surface area contributed by atoms with Gasteiger partial charge in [0.25, 0.3) is 0 Å². The van der Waals surface area contributed by atoms with Crippen molar-refractivity contribution in [3.8, 4) is 0 Å². The second-order valence-corrected chi connectivity index (χ2v) is 6.11. The molecule has 1 saturated heterocycles. The Hall–Kier alpha value is -0.860. The van der Waals surface area contributed by atoms with E-state index in [1.807, 2.05) is 0 Å². The van der Waals surface area contributed by atoms with Gasteiger partial charge < -0.3 is 10.1 Å². The number of nitrogens with one attached hydrogen (secondary N) is 1. The zero-order chi connectivity index (χ0) is 13.8. The molecular formula is C17H27NO. The molecule has 0 saturated carbocycles. The maximum absolute atomic E-state index is 5.60. The predicted molar refractivity (Wildman–Crippen MR) is 80.5 cm³/mol. The van der Waals surface area contributed by atoms with E-state index in [1.54, 1.807) is 0 Å². The molecule has 1 heterocycles. The van der Waals surface area contributed by atoms with Crippen LogP contribution in [0.25, 0.3) is 0 Å². The Bertz CT molecular complexity index is 385. The van der Waals surface area contributed by atoms with Gasteiger partial charge in [0.2, 0.25) is 0 Å². The van der Waals surface area contributed by atoms with E-state index in [-0.39, 0.29) is 0 Å². The molecule has 1 aromatic carbocycles. The summed E-state index contributed by atoms with van der Waals surface area (Å²) in [5, 5.41) is 3.73. The van der Waals surface area contributed by atoms with Crippen molar-refractivity contribution in [1.82, 2.24) is 5.32 Å². The smallest absolute Gasteiger partial charge is 0.0561 e. The molecule has 0 aromatic heterocycles. The molecule has 0 amide bonds. The molecule has 1 aliphatic heterocycles. The Balaban J connectivity index is 1.93. The normalized spacial score (nSPS) is 25.5. The number of rotatable bonds is 4. The summed E-state index contributed by atoms with van der Waals surface area (Å²) in [6, 6.07) is 10.0. The van der Waals surface area contributed by atoms with Crippen LogP contribution in [0, 0.1) is 0 Å². The molecular weight excluding hydrogens is 234 g/mol. The lowest BCUT2D eigenvalue weighted by molar-refractivity contribution is 0.0116. The first kappa shape index (κ1) is 14.5. The van der Waals surface area contributed by atoms with Gasteiger partial charge in [0.05, 0.1) is 6.10 Å². The van der Waals surface area contributed by atoms with Crippen molar-refractivity contribution in [3.05, 3.63) is 35.4 Å². The largest absolute Gasteiger partial charge is 0.378 e. The zero-order valence-corrected chi connectivity index (χ0v) is 12.6. The lowest BCUT2D eigenvalue weighted by Gasteiger charge is -2.30. The third-order valence-corrected chi connectivity index (χ3v) is 4.07. The molecule has 1 aromatic rings. The molecule has 106 valence electrons. The Morgan fingerprint density at radius 2 is 1.74 bits per heavy atom. The highest BCUT2D eigenvalue weighted by Crippen LogP contribution is 2.21. The van der Waals surface area contributed by atoms with Gasteiger partial charge in [0, 0.05) is 18.7 Å². The van der Waals surface area contributed by atoms with Gasteiger partial charge in [-0.2, -0.15) is 0 Å². The fraction of sp³-hybridized carbons (Fsp3) is 0.647. The van der Waals surface area contributed by atoms with Crippen molar-refractivity contribution in [2.75, 3.05) is 6.61 Å². The Labute approximate surface area is 117 Å². The van der Waals surface area contributed by atoms with Crippen LogP contribution in [0.2, 0.25) is 0 Å². The van der Waals surface area contributed by atoms with Crippen molar-refractivity contribution >= 4 is 0 Å². The predicted octanol–water partition coefficient (Wildman–Crippen LogP) is 4.03. The molecule has 0 spiro atoms. The second-order valence-electron chi connectivity index (χ2n) is 6.11. The molecule has 0 radical (unpaired) electrons. The molecule has 3 atom stereocenters. The summed E-state index contributed by atoms with van der Waals surface area (Å²) in [5.74, 6) is 0.605. The van der Waals surface area contributed by atoms with E-state index < -0.39 is 0 Å². The fourth-order valence-electron chi connectivity index (χ4n) is 2.77. The molecule has 2 nitrogen and oxygen atoms in total. The number of ether oxygens (including phenoxy) is 1. The van der Waals surface area contributed by atoms with Crippen LogP contribution in [-0.2, 0) is 4.74 Å². The lowest BCUT2D eigenvalue weighted by atomic mass is 9.98. The minimum absolute atomic E-state index is 0.391. The molecule has 1 N–H and O–H groups in total. The Morgan fingerprint density at radius 1 is 1.11 bits per heavy atom. The monoisotopic (exact) mass is 261 g/mol. The van der Waals surface area contributed by atoms with Crippen LogP contribution in [0.1, 0.15) is 63.6 Å². The van der Waals surface area contributed by atoms with Gasteiger partial charge in [-0.3, -0.25) is 0 Å². The first-order valence-corrected chi connectivity index (χ1v) is 7.53. The van der Waals surface area contributed by atoms with Crippen molar-refractivity contribution in [1.29, 1.82) is 0 Å². The zero-order valence-electron chi connectivity index (χ0n) is 12.6. The Kier molecular flexibility index (Phi) is 5.00. The van der Waals surface area contributed by atoms with E-state index in [4.69, 9.17) is 4.74 Å². The van der Waals surface area contributed by atoms with Crippen LogP contribution in [0.4, 0.5) is 0 Å². The summed E-state index contributed by atoms with van der Waals surface area (Å²) in [7, 11) is 0. The quantitative estimate of drug-likeness (QED) is 0.883. The Morgan fingerprint density at radius 3 is 2.32 bits per heavy atom. The van der Waals surface area contributed by atoms with E-state index in [0.29, 0.717) is 24.1 Å². The van der Waals surface area contributed by atoms with Crippen LogP contribution in [-0.4, -0.2) is 18.8 Å². The van der Waals surface area contributed by atoms with E-state index in [9.17, 15) is 0 Å². The lowest BCUT2D eigenvalue weighted by Crippen LogP contribution is -2.39. The molecule has 3 unspecified atom stereocenters. The van der Waals surface area contributed by atoms with Gasteiger partial charge in [-0.15, -0.1) is 0 Å². The number of hydrogen-bond donors (Lipinski definition) is 1. The van der Waals surface area contributed by atoms with Crippen molar-refractivity contribution in [2.24, 2.45) is 0 Å². The molecule has 2 heteroatoms. The van der Waals surface area contributed by atoms with E-state index >= 15 is 0 Å². The molecule has 1 fully saturated rings. The van der Waals surface area contributed by atoms with Gasteiger partial charge in [-0.1, -0.05) is 38.1 Å². The summed E-state index contributed by atoms with van der Waals surface area (Å²) >= 11 is 0. The van der Waals surface area contributed by atoms with E-state index in [1.165, 1.54) is 11.1 Å². The first-order chi connectivity index (χ1) is 9.06. The van der Waals surface area contributed by atoms with Gasteiger partial charge in [0.1, 0.15) is 0 Å². The first-order valence-electron chi connectivity index (χ1n) is 7.53. The SMILES string of the molecule is CC1CC(NC(C)c2ccc(C(C)C)cc2)CCO1. The van der Waals surface area contributed by atoms with Gasteiger partial charge >= 0.3 is 0 Å². The topological polar surface area (TPSA) is 21.3 Å².